The minimum absolute atomic E-state index is 0.113. The van der Waals surface area contributed by atoms with Crippen LogP contribution in [-0.4, -0.2) is 24.9 Å². The van der Waals surface area contributed by atoms with Crippen LogP contribution < -0.4 is 14.8 Å². The Bertz CT molecular complexity index is 645. The molecule has 0 aliphatic carbocycles. The summed E-state index contributed by atoms with van der Waals surface area (Å²) in [6.45, 7) is 3.68. The normalized spacial score (nSPS) is 16.2. The first-order valence-electron chi connectivity index (χ1n) is 8.59. The summed E-state index contributed by atoms with van der Waals surface area (Å²) in [7, 11) is 0. The first kappa shape index (κ1) is 16.8. The molecule has 0 bridgehead atoms. The van der Waals surface area contributed by atoms with Crippen molar-refractivity contribution < 1.29 is 14.6 Å². The lowest BCUT2D eigenvalue weighted by Crippen LogP contribution is -2.25. The van der Waals surface area contributed by atoms with Gasteiger partial charge in [-0.2, -0.15) is 0 Å². The second-order valence-electron chi connectivity index (χ2n) is 6.12. The molecular weight excluding hydrogens is 302 g/mol. The van der Waals surface area contributed by atoms with E-state index in [1.54, 1.807) is 0 Å². The Balaban J connectivity index is 1.75. The maximum Gasteiger partial charge on any atom is 0.161 e. The number of fused-ring (bicyclic) bond motifs is 1. The fourth-order valence-electron chi connectivity index (χ4n) is 3.01. The predicted octanol–water partition coefficient (Wildman–Crippen LogP) is 3.62. The highest BCUT2D eigenvalue weighted by Gasteiger charge is 2.17. The maximum absolute atomic E-state index is 9.39. The van der Waals surface area contributed by atoms with Crippen LogP contribution in [0.4, 0.5) is 0 Å². The molecule has 1 aliphatic heterocycles. The Kier molecular flexibility index (Phi) is 5.72. The van der Waals surface area contributed by atoms with Crippen LogP contribution in [-0.2, 0) is 0 Å². The van der Waals surface area contributed by atoms with Crippen LogP contribution in [0.2, 0.25) is 0 Å². The van der Waals surface area contributed by atoms with E-state index >= 15 is 0 Å². The van der Waals surface area contributed by atoms with Crippen LogP contribution >= 0.6 is 0 Å². The number of ether oxygens (including phenoxy) is 2. The third-order valence-electron chi connectivity index (χ3n) is 4.34. The zero-order chi connectivity index (χ0) is 16.8. The Labute approximate surface area is 143 Å². The number of hydrogen-bond acceptors (Lipinski definition) is 4. The number of aliphatic hydroxyl groups is 1. The first-order chi connectivity index (χ1) is 11.8. The molecule has 0 spiro atoms. The molecule has 0 saturated heterocycles. The highest BCUT2D eigenvalue weighted by atomic mass is 16.5. The van der Waals surface area contributed by atoms with Crippen LogP contribution in [0.15, 0.2) is 48.5 Å². The molecule has 2 atom stereocenters. The molecule has 0 saturated carbocycles. The second kappa shape index (κ2) is 8.18. The molecule has 1 aliphatic rings. The van der Waals surface area contributed by atoms with Crippen molar-refractivity contribution in [3.05, 3.63) is 59.7 Å². The van der Waals surface area contributed by atoms with E-state index in [2.05, 4.69) is 36.5 Å². The summed E-state index contributed by atoms with van der Waals surface area (Å²) in [6, 6.07) is 16.6. The molecule has 24 heavy (non-hydrogen) atoms. The first-order valence-corrected chi connectivity index (χ1v) is 8.59. The van der Waals surface area contributed by atoms with Gasteiger partial charge in [0.1, 0.15) is 0 Å². The highest BCUT2D eigenvalue weighted by Crippen LogP contribution is 2.33. The number of hydrogen-bond donors (Lipinski definition) is 2. The number of benzene rings is 2. The molecule has 0 fully saturated rings. The monoisotopic (exact) mass is 327 g/mol. The van der Waals surface area contributed by atoms with Crippen LogP contribution in [0.3, 0.4) is 0 Å². The Morgan fingerprint density at radius 1 is 1.00 bits per heavy atom. The lowest BCUT2D eigenvalue weighted by Gasteiger charge is -2.24. The van der Waals surface area contributed by atoms with Gasteiger partial charge in [-0.05, 0) is 36.6 Å². The number of nitrogens with one attached hydrogen (secondary N) is 1. The summed E-state index contributed by atoms with van der Waals surface area (Å²) in [5, 5.41) is 13.0. The number of aliphatic hydroxyl groups excluding tert-OH is 1. The maximum atomic E-state index is 9.39. The minimum atomic E-state index is 0.113. The van der Waals surface area contributed by atoms with E-state index in [4.69, 9.17) is 9.47 Å². The van der Waals surface area contributed by atoms with Crippen molar-refractivity contribution in [2.24, 2.45) is 0 Å². The van der Waals surface area contributed by atoms with Gasteiger partial charge in [-0.3, -0.25) is 0 Å². The molecular formula is C20H25NO3. The fraction of sp³-hybridized carbons (Fsp3) is 0.400. The van der Waals surface area contributed by atoms with Crippen LogP contribution in [0, 0.1) is 0 Å². The van der Waals surface area contributed by atoms with Gasteiger partial charge in [0.05, 0.1) is 13.2 Å². The molecule has 0 aromatic heterocycles. The van der Waals surface area contributed by atoms with Gasteiger partial charge in [-0.1, -0.05) is 36.4 Å². The lowest BCUT2D eigenvalue weighted by molar-refractivity contribution is 0.260. The van der Waals surface area contributed by atoms with E-state index in [-0.39, 0.29) is 18.7 Å². The van der Waals surface area contributed by atoms with Gasteiger partial charge in [0, 0.05) is 25.1 Å². The lowest BCUT2D eigenvalue weighted by atomic mass is 10.0. The molecule has 128 valence electrons. The molecule has 2 N–H and O–H groups in total. The fourth-order valence-corrected chi connectivity index (χ4v) is 3.01. The van der Waals surface area contributed by atoms with Gasteiger partial charge < -0.3 is 19.9 Å². The Hall–Kier alpha value is -2.04. The van der Waals surface area contributed by atoms with Crippen molar-refractivity contribution >= 4 is 0 Å². The molecule has 3 rings (SSSR count). The Morgan fingerprint density at radius 3 is 2.50 bits per heavy atom. The second-order valence-corrected chi connectivity index (χ2v) is 6.12. The van der Waals surface area contributed by atoms with Crippen molar-refractivity contribution in [3.63, 3.8) is 0 Å². The SMILES string of the molecule is CC(N[C@H](CCO)c1ccccc1)c1ccc2c(c1)OCCCO2. The number of rotatable bonds is 6. The zero-order valence-corrected chi connectivity index (χ0v) is 14.1. The average Bonchev–Trinajstić information content (AvgIpc) is 2.86. The summed E-state index contributed by atoms with van der Waals surface area (Å²) in [5.74, 6) is 1.63. The summed E-state index contributed by atoms with van der Waals surface area (Å²) in [6.07, 6.45) is 1.59. The van der Waals surface area contributed by atoms with Gasteiger partial charge in [-0.15, -0.1) is 0 Å². The van der Waals surface area contributed by atoms with Gasteiger partial charge in [0.25, 0.3) is 0 Å². The smallest absolute Gasteiger partial charge is 0.161 e. The van der Waals surface area contributed by atoms with Crippen molar-refractivity contribution in [1.82, 2.24) is 5.32 Å². The zero-order valence-electron chi connectivity index (χ0n) is 14.1. The highest BCUT2D eigenvalue weighted by molar-refractivity contribution is 5.44. The summed E-state index contributed by atoms with van der Waals surface area (Å²) in [4.78, 5) is 0. The van der Waals surface area contributed by atoms with E-state index in [1.807, 2.05) is 24.3 Å². The van der Waals surface area contributed by atoms with E-state index in [0.29, 0.717) is 19.6 Å². The molecule has 0 amide bonds. The molecule has 1 heterocycles. The third-order valence-corrected chi connectivity index (χ3v) is 4.34. The topological polar surface area (TPSA) is 50.7 Å². The molecule has 4 heteroatoms. The molecule has 2 aromatic carbocycles. The summed E-state index contributed by atoms with van der Waals surface area (Å²) >= 11 is 0. The van der Waals surface area contributed by atoms with Gasteiger partial charge >= 0.3 is 0 Å². The molecule has 4 nitrogen and oxygen atoms in total. The van der Waals surface area contributed by atoms with E-state index in [1.165, 1.54) is 5.56 Å². The predicted molar refractivity (Wildman–Crippen MR) is 94.5 cm³/mol. The van der Waals surface area contributed by atoms with Gasteiger partial charge in [-0.25, -0.2) is 0 Å². The van der Waals surface area contributed by atoms with Crippen molar-refractivity contribution in [1.29, 1.82) is 0 Å². The van der Waals surface area contributed by atoms with Crippen molar-refractivity contribution in [2.45, 2.75) is 31.8 Å². The molecule has 0 radical (unpaired) electrons. The third kappa shape index (κ3) is 4.08. The minimum Gasteiger partial charge on any atom is -0.490 e. The molecule has 1 unspecified atom stereocenters. The van der Waals surface area contributed by atoms with Crippen LogP contribution in [0.1, 0.15) is 43.0 Å². The van der Waals surface area contributed by atoms with Crippen molar-refractivity contribution in [3.8, 4) is 11.5 Å². The van der Waals surface area contributed by atoms with Crippen LogP contribution in [0.25, 0.3) is 0 Å². The van der Waals surface area contributed by atoms with Crippen molar-refractivity contribution in [2.75, 3.05) is 19.8 Å². The average molecular weight is 327 g/mol. The molecule has 2 aromatic rings. The summed E-state index contributed by atoms with van der Waals surface area (Å²) in [5.41, 5.74) is 2.34. The Morgan fingerprint density at radius 2 is 1.75 bits per heavy atom. The van der Waals surface area contributed by atoms with Crippen LogP contribution in [0.5, 0.6) is 11.5 Å². The van der Waals surface area contributed by atoms with Gasteiger partial charge in [0.15, 0.2) is 11.5 Å². The summed E-state index contributed by atoms with van der Waals surface area (Å²) < 4.78 is 11.5. The van der Waals surface area contributed by atoms with E-state index in [9.17, 15) is 5.11 Å². The largest absolute Gasteiger partial charge is 0.490 e. The van der Waals surface area contributed by atoms with E-state index in [0.717, 1.165) is 23.5 Å². The quantitative estimate of drug-likeness (QED) is 0.851. The van der Waals surface area contributed by atoms with Gasteiger partial charge in [0.2, 0.25) is 0 Å². The van der Waals surface area contributed by atoms with E-state index < -0.39 is 0 Å². The standard InChI is InChI=1S/C20H25NO3/c1-15(21-18(10-11-22)16-6-3-2-4-7-16)17-8-9-19-20(14-17)24-13-5-12-23-19/h2-4,6-9,14-15,18,21-22H,5,10-13H2,1H3/t15?,18-/m1/s1.